The smallest absolute Gasteiger partial charge is 0.292 e. The highest BCUT2D eigenvalue weighted by Gasteiger charge is 2.18. The standard InChI is InChI=1S/C12H18N2O4S/c1-4-19(17,18)8-10(3)13-11-7-9(2)5-6-12(11)14(15)16/h5-7,10,13H,4,8H2,1-3H3. The van der Waals surface area contributed by atoms with Crippen LogP contribution < -0.4 is 5.32 Å². The van der Waals surface area contributed by atoms with Gasteiger partial charge in [0.05, 0.1) is 10.7 Å². The molecule has 106 valence electrons. The molecule has 0 aliphatic heterocycles. The number of nitrogens with one attached hydrogen (secondary N) is 1. The number of nitro benzene ring substituents is 1. The van der Waals surface area contributed by atoms with E-state index in [0.717, 1.165) is 5.56 Å². The summed E-state index contributed by atoms with van der Waals surface area (Å²) in [5.41, 5.74) is 1.17. The van der Waals surface area contributed by atoms with Crippen molar-refractivity contribution in [3.05, 3.63) is 33.9 Å². The number of rotatable bonds is 6. The van der Waals surface area contributed by atoms with Gasteiger partial charge in [0.15, 0.2) is 9.84 Å². The van der Waals surface area contributed by atoms with Crippen LogP contribution in [0.25, 0.3) is 0 Å². The molecule has 6 nitrogen and oxygen atoms in total. The fourth-order valence-electron chi connectivity index (χ4n) is 1.73. The number of nitrogens with zero attached hydrogens (tertiary/aromatic N) is 1. The molecule has 7 heteroatoms. The minimum Gasteiger partial charge on any atom is -0.376 e. The van der Waals surface area contributed by atoms with Crippen LogP contribution in [0.5, 0.6) is 0 Å². The van der Waals surface area contributed by atoms with Gasteiger partial charge in [0.25, 0.3) is 5.69 Å². The number of hydrogen-bond acceptors (Lipinski definition) is 5. The van der Waals surface area contributed by atoms with E-state index in [4.69, 9.17) is 0 Å². The zero-order valence-electron chi connectivity index (χ0n) is 11.2. The predicted molar refractivity (Wildman–Crippen MR) is 75.2 cm³/mol. The van der Waals surface area contributed by atoms with Crippen LogP contribution in [-0.4, -0.2) is 30.9 Å². The monoisotopic (exact) mass is 286 g/mol. The fourth-order valence-corrected chi connectivity index (χ4v) is 2.81. The van der Waals surface area contributed by atoms with Gasteiger partial charge in [0.1, 0.15) is 5.69 Å². The molecule has 0 fully saturated rings. The Morgan fingerprint density at radius 3 is 2.58 bits per heavy atom. The van der Waals surface area contributed by atoms with Gasteiger partial charge in [-0.05, 0) is 25.5 Å². The van der Waals surface area contributed by atoms with Gasteiger partial charge in [0, 0.05) is 17.9 Å². The summed E-state index contributed by atoms with van der Waals surface area (Å²) in [6, 6.07) is 4.33. The van der Waals surface area contributed by atoms with E-state index in [9.17, 15) is 18.5 Å². The van der Waals surface area contributed by atoms with E-state index in [1.165, 1.54) is 6.07 Å². The van der Waals surface area contributed by atoms with Crippen molar-refractivity contribution >= 4 is 21.2 Å². The molecule has 0 amide bonds. The quantitative estimate of drug-likeness (QED) is 0.639. The number of aryl methyl sites for hydroxylation is 1. The summed E-state index contributed by atoms with van der Waals surface area (Å²) in [5.74, 6) is 0.0174. The molecule has 0 bridgehead atoms. The Bertz CT molecular complexity index is 569. The molecule has 1 N–H and O–H groups in total. The van der Waals surface area contributed by atoms with Crippen LogP contribution >= 0.6 is 0 Å². The maximum absolute atomic E-state index is 11.5. The molecule has 0 saturated carbocycles. The predicted octanol–water partition coefficient (Wildman–Crippen LogP) is 2.14. The van der Waals surface area contributed by atoms with E-state index in [0.29, 0.717) is 5.69 Å². The average Bonchev–Trinajstić information content (AvgIpc) is 2.27. The average molecular weight is 286 g/mol. The zero-order chi connectivity index (χ0) is 14.6. The van der Waals surface area contributed by atoms with Crippen molar-refractivity contribution in [1.82, 2.24) is 0 Å². The summed E-state index contributed by atoms with van der Waals surface area (Å²) >= 11 is 0. The van der Waals surface area contributed by atoms with Gasteiger partial charge in [-0.15, -0.1) is 0 Å². The van der Waals surface area contributed by atoms with E-state index in [1.54, 1.807) is 26.0 Å². The lowest BCUT2D eigenvalue weighted by Crippen LogP contribution is -2.27. The van der Waals surface area contributed by atoms with Gasteiger partial charge in [-0.1, -0.05) is 13.0 Å². The lowest BCUT2D eigenvalue weighted by Gasteiger charge is -2.15. The lowest BCUT2D eigenvalue weighted by molar-refractivity contribution is -0.384. The summed E-state index contributed by atoms with van der Waals surface area (Å²) in [6.45, 7) is 5.10. The second-order valence-electron chi connectivity index (χ2n) is 4.52. The number of benzene rings is 1. The van der Waals surface area contributed by atoms with Crippen molar-refractivity contribution in [2.45, 2.75) is 26.8 Å². The third kappa shape index (κ3) is 4.51. The molecule has 0 heterocycles. The van der Waals surface area contributed by atoms with Gasteiger partial charge in [-0.2, -0.15) is 0 Å². The van der Waals surface area contributed by atoms with Crippen LogP contribution in [0.2, 0.25) is 0 Å². The number of sulfone groups is 1. The maximum Gasteiger partial charge on any atom is 0.292 e. The topological polar surface area (TPSA) is 89.3 Å². The Morgan fingerprint density at radius 2 is 2.05 bits per heavy atom. The van der Waals surface area contributed by atoms with Crippen molar-refractivity contribution in [3.8, 4) is 0 Å². The van der Waals surface area contributed by atoms with Gasteiger partial charge in [-0.25, -0.2) is 8.42 Å². The first-order chi connectivity index (χ1) is 8.75. The van der Waals surface area contributed by atoms with Crippen molar-refractivity contribution in [1.29, 1.82) is 0 Å². The molecule has 0 radical (unpaired) electrons. The summed E-state index contributed by atoms with van der Waals surface area (Å²) in [4.78, 5) is 10.4. The molecule has 19 heavy (non-hydrogen) atoms. The molecule has 0 aliphatic rings. The van der Waals surface area contributed by atoms with Gasteiger partial charge >= 0.3 is 0 Å². The highest BCUT2D eigenvalue weighted by molar-refractivity contribution is 7.91. The molecule has 0 aliphatic carbocycles. The maximum atomic E-state index is 11.5. The van der Waals surface area contributed by atoms with E-state index < -0.39 is 14.8 Å². The van der Waals surface area contributed by atoms with Crippen LogP contribution in [0, 0.1) is 17.0 Å². The van der Waals surface area contributed by atoms with Crippen molar-refractivity contribution in [3.63, 3.8) is 0 Å². The Labute approximate surface area is 112 Å². The summed E-state index contributed by atoms with van der Waals surface area (Å²) in [7, 11) is -3.11. The van der Waals surface area contributed by atoms with Crippen LogP contribution in [0.1, 0.15) is 19.4 Å². The number of hydrogen-bond donors (Lipinski definition) is 1. The third-order valence-corrected chi connectivity index (χ3v) is 4.58. The van der Waals surface area contributed by atoms with E-state index in [1.807, 2.05) is 6.92 Å². The van der Waals surface area contributed by atoms with Crippen LogP contribution in [0.4, 0.5) is 11.4 Å². The first-order valence-electron chi connectivity index (χ1n) is 5.97. The van der Waals surface area contributed by atoms with E-state index in [2.05, 4.69) is 5.32 Å². The van der Waals surface area contributed by atoms with Crippen molar-refractivity contribution < 1.29 is 13.3 Å². The molecule has 1 atom stereocenters. The first-order valence-corrected chi connectivity index (χ1v) is 7.79. The zero-order valence-corrected chi connectivity index (χ0v) is 12.0. The minimum atomic E-state index is -3.11. The lowest BCUT2D eigenvalue weighted by atomic mass is 10.2. The van der Waals surface area contributed by atoms with Crippen molar-refractivity contribution in [2.75, 3.05) is 16.8 Å². The second kappa shape index (κ2) is 6.01. The van der Waals surface area contributed by atoms with E-state index in [-0.39, 0.29) is 23.2 Å². The van der Waals surface area contributed by atoms with Gasteiger partial charge < -0.3 is 5.32 Å². The fraction of sp³-hybridized carbons (Fsp3) is 0.500. The van der Waals surface area contributed by atoms with Crippen LogP contribution in [0.3, 0.4) is 0 Å². The van der Waals surface area contributed by atoms with Gasteiger partial charge in [-0.3, -0.25) is 10.1 Å². The van der Waals surface area contributed by atoms with Crippen molar-refractivity contribution in [2.24, 2.45) is 0 Å². The molecular formula is C12H18N2O4S. The summed E-state index contributed by atoms with van der Waals surface area (Å²) < 4.78 is 23.0. The number of anilines is 1. The first kappa shape index (κ1) is 15.4. The van der Waals surface area contributed by atoms with Crippen LogP contribution in [-0.2, 0) is 9.84 Å². The Kier molecular flexibility index (Phi) is 4.88. The summed E-state index contributed by atoms with van der Waals surface area (Å²) in [5, 5.41) is 13.8. The molecular weight excluding hydrogens is 268 g/mol. The molecule has 0 saturated heterocycles. The molecule has 0 spiro atoms. The Hall–Kier alpha value is -1.63. The minimum absolute atomic E-state index is 0.0470. The Balaban J connectivity index is 2.93. The Morgan fingerprint density at radius 1 is 1.42 bits per heavy atom. The third-order valence-electron chi connectivity index (χ3n) is 2.69. The molecule has 0 aromatic heterocycles. The molecule has 1 unspecified atom stereocenters. The summed E-state index contributed by atoms with van der Waals surface area (Å²) in [6.07, 6.45) is 0. The van der Waals surface area contributed by atoms with E-state index >= 15 is 0 Å². The second-order valence-corrected chi connectivity index (χ2v) is 6.92. The molecule has 1 rings (SSSR count). The van der Waals surface area contributed by atoms with Gasteiger partial charge in [0.2, 0.25) is 0 Å². The largest absolute Gasteiger partial charge is 0.376 e. The molecule has 1 aromatic carbocycles. The van der Waals surface area contributed by atoms with Crippen LogP contribution in [0.15, 0.2) is 18.2 Å². The normalized spacial score (nSPS) is 13.0. The molecule has 1 aromatic rings. The highest BCUT2D eigenvalue weighted by atomic mass is 32.2. The highest BCUT2D eigenvalue weighted by Crippen LogP contribution is 2.26. The SMILES string of the molecule is CCS(=O)(=O)CC(C)Nc1cc(C)ccc1[N+](=O)[O-]. The number of nitro groups is 1.